The maximum Gasteiger partial charge on any atom is 0.191 e. The Bertz CT molecular complexity index is 501. The molecule has 0 aromatic heterocycles. The number of hydrogen-bond donors (Lipinski definition) is 3. The Hall–Kier alpha value is -1.62. The van der Waals surface area contributed by atoms with Crippen LogP contribution in [-0.2, 0) is 6.42 Å². The van der Waals surface area contributed by atoms with Crippen molar-refractivity contribution in [1.82, 2.24) is 10.6 Å². The van der Waals surface area contributed by atoms with Gasteiger partial charge in [0.15, 0.2) is 5.96 Å². The number of aryl methyl sites for hydroxylation is 1. The van der Waals surface area contributed by atoms with E-state index in [2.05, 4.69) is 15.6 Å². The van der Waals surface area contributed by atoms with Gasteiger partial charge in [0.2, 0.25) is 0 Å². The lowest BCUT2D eigenvalue weighted by Gasteiger charge is -2.20. The highest BCUT2D eigenvalue weighted by atomic mass is 19.1. The third-order valence-electron chi connectivity index (χ3n) is 3.43. The minimum Gasteiger partial charge on any atom is -0.396 e. The fraction of sp³-hybridized carbons (Fsp3) is 0.588. The monoisotopic (exact) mass is 309 g/mol. The minimum absolute atomic E-state index is 0.102. The van der Waals surface area contributed by atoms with Gasteiger partial charge in [-0.1, -0.05) is 19.9 Å². The van der Waals surface area contributed by atoms with Crippen LogP contribution in [0.2, 0.25) is 0 Å². The minimum atomic E-state index is -0.226. The van der Waals surface area contributed by atoms with Gasteiger partial charge >= 0.3 is 0 Å². The third-order valence-corrected chi connectivity index (χ3v) is 3.43. The van der Waals surface area contributed by atoms with E-state index in [0.29, 0.717) is 6.54 Å². The van der Waals surface area contributed by atoms with E-state index < -0.39 is 0 Å². The van der Waals surface area contributed by atoms with Gasteiger partial charge in [0.05, 0.1) is 6.54 Å². The molecule has 0 saturated carbocycles. The molecule has 4 nitrogen and oxygen atoms in total. The van der Waals surface area contributed by atoms with Crippen LogP contribution < -0.4 is 10.6 Å². The Balaban J connectivity index is 2.55. The van der Waals surface area contributed by atoms with Gasteiger partial charge in [-0.3, -0.25) is 4.99 Å². The standard InChI is InChI=1S/C17H28FN3O/c1-5-19-16(21-11-17(3,4)12-22)20-9-8-14-6-7-15(18)10-13(14)2/h6-7,10,22H,5,8-9,11-12H2,1-4H3,(H2,19,20,21). The van der Waals surface area contributed by atoms with Crippen LogP contribution >= 0.6 is 0 Å². The van der Waals surface area contributed by atoms with Crippen LogP contribution in [0.25, 0.3) is 0 Å². The van der Waals surface area contributed by atoms with Gasteiger partial charge in [-0.2, -0.15) is 0 Å². The van der Waals surface area contributed by atoms with Crippen molar-refractivity contribution in [3.63, 3.8) is 0 Å². The van der Waals surface area contributed by atoms with Crippen LogP contribution in [0.1, 0.15) is 31.9 Å². The maximum absolute atomic E-state index is 13.1. The molecule has 0 heterocycles. The molecule has 124 valence electrons. The summed E-state index contributed by atoms with van der Waals surface area (Å²) in [5.41, 5.74) is 1.86. The molecule has 0 spiro atoms. The van der Waals surface area contributed by atoms with Crippen molar-refractivity contribution in [2.45, 2.75) is 34.1 Å². The summed E-state index contributed by atoms with van der Waals surface area (Å²) < 4.78 is 13.1. The van der Waals surface area contributed by atoms with Crippen LogP contribution in [0.3, 0.4) is 0 Å². The largest absolute Gasteiger partial charge is 0.396 e. The first kappa shape index (κ1) is 18.4. The molecule has 1 rings (SSSR count). The highest BCUT2D eigenvalue weighted by Crippen LogP contribution is 2.13. The highest BCUT2D eigenvalue weighted by molar-refractivity contribution is 5.79. The van der Waals surface area contributed by atoms with E-state index >= 15 is 0 Å². The summed E-state index contributed by atoms with van der Waals surface area (Å²) in [5, 5.41) is 15.7. The number of aliphatic hydroxyl groups is 1. The number of guanidine groups is 1. The molecule has 0 radical (unpaired) electrons. The Kier molecular flexibility index (Phi) is 7.32. The Morgan fingerprint density at radius 2 is 2.05 bits per heavy atom. The van der Waals surface area contributed by atoms with Crippen molar-refractivity contribution < 1.29 is 9.50 Å². The van der Waals surface area contributed by atoms with E-state index in [9.17, 15) is 9.50 Å². The summed E-state index contributed by atoms with van der Waals surface area (Å²) in [7, 11) is 0. The number of hydrogen-bond acceptors (Lipinski definition) is 2. The summed E-state index contributed by atoms with van der Waals surface area (Å²) in [6.45, 7) is 10.0. The molecule has 5 heteroatoms. The average Bonchev–Trinajstić information content (AvgIpc) is 2.47. The summed E-state index contributed by atoms with van der Waals surface area (Å²) >= 11 is 0. The first-order valence-electron chi connectivity index (χ1n) is 7.76. The number of nitrogens with one attached hydrogen (secondary N) is 2. The van der Waals surface area contributed by atoms with Gasteiger partial charge in [-0.15, -0.1) is 0 Å². The van der Waals surface area contributed by atoms with Crippen molar-refractivity contribution >= 4 is 5.96 Å². The number of nitrogens with zero attached hydrogens (tertiary/aromatic N) is 1. The van der Waals surface area contributed by atoms with Crippen LogP contribution in [-0.4, -0.2) is 37.3 Å². The molecule has 0 atom stereocenters. The van der Waals surface area contributed by atoms with Gasteiger partial charge in [-0.05, 0) is 43.5 Å². The predicted molar refractivity (Wildman–Crippen MR) is 89.7 cm³/mol. The molecule has 0 saturated heterocycles. The molecule has 0 bridgehead atoms. The summed E-state index contributed by atoms with van der Waals surface area (Å²) in [5.74, 6) is 0.541. The molecular formula is C17H28FN3O. The summed E-state index contributed by atoms with van der Waals surface area (Å²) in [6, 6.07) is 4.87. The highest BCUT2D eigenvalue weighted by Gasteiger charge is 2.15. The second kappa shape index (κ2) is 8.73. The van der Waals surface area contributed by atoms with Crippen LogP contribution in [0, 0.1) is 18.2 Å². The maximum atomic E-state index is 13.1. The van der Waals surface area contributed by atoms with Crippen molar-refractivity contribution in [3.8, 4) is 0 Å². The first-order chi connectivity index (χ1) is 10.4. The van der Waals surface area contributed by atoms with Crippen molar-refractivity contribution in [2.75, 3.05) is 26.2 Å². The third kappa shape index (κ3) is 6.43. The molecule has 0 aliphatic carbocycles. The van der Waals surface area contributed by atoms with E-state index in [1.807, 2.05) is 33.8 Å². The lowest BCUT2D eigenvalue weighted by molar-refractivity contribution is 0.167. The summed E-state index contributed by atoms with van der Waals surface area (Å²) in [4.78, 5) is 4.50. The zero-order valence-electron chi connectivity index (χ0n) is 14.0. The molecule has 0 aliphatic heterocycles. The normalized spacial score (nSPS) is 12.4. The zero-order chi connectivity index (χ0) is 16.6. The van der Waals surface area contributed by atoms with Gasteiger partial charge < -0.3 is 15.7 Å². The number of halogens is 1. The SMILES string of the molecule is CCNC(=NCC(C)(C)CO)NCCc1ccc(F)cc1C. The molecule has 3 N–H and O–H groups in total. The van der Waals surface area contributed by atoms with Crippen molar-refractivity contribution in [3.05, 3.63) is 35.1 Å². The Morgan fingerprint density at radius 3 is 2.64 bits per heavy atom. The quantitative estimate of drug-likeness (QED) is 0.535. The summed E-state index contributed by atoms with van der Waals surface area (Å²) in [6.07, 6.45) is 0.805. The van der Waals surface area contributed by atoms with E-state index in [1.54, 1.807) is 6.07 Å². The van der Waals surface area contributed by atoms with E-state index in [0.717, 1.165) is 36.6 Å². The molecule has 1 aromatic carbocycles. The van der Waals surface area contributed by atoms with Crippen molar-refractivity contribution in [1.29, 1.82) is 0 Å². The molecule has 22 heavy (non-hydrogen) atoms. The van der Waals surface area contributed by atoms with Gasteiger partial charge in [-0.25, -0.2) is 4.39 Å². The number of benzene rings is 1. The van der Waals surface area contributed by atoms with Gasteiger partial charge in [0.1, 0.15) is 5.82 Å². The second-order valence-corrected chi connectivity index (χ2v) is 6.27. The van der Waals surface area contributed by atoms with Gasteiger partial charge in [0.25, 0.3) is 0 Å². The number of aliphatic imine (C=N–C) groups is 1. The van der Waals surface area contributed by atoms with Gasteiger partial charge in [0, 0.05) is 25.1 Å². The topological polar surface area (TPSA) is 56.7 Å². The van der Waals surface area contributed by atoms with Crippen LogP contribution in [0.5, 0.6) is 0 Å². The van der Waals surface area contributed by atoms with E-state index in [1.165, 1.54) is 6.07 Å². The molecular weight excluding hydrogens is 281 g/mol. The fourth-order valence-electron chi connectivity index (χ4n) is 1.94. The molecule has 0 fully saturated rings. The number of rotatable bonds is 7. The Morgan fingerprint density at radius 1 is 1.32 bits per heavy atom. The van der Waals surface area contributed by atoms with Crippen LogP contribution in [0.4, 0.5) is 4.39 Å². The number of aliphatic hydroxyl groups excluding tert-OH is 1. The first-order valence-corrected chi connectivity index (χ1v) is 7.76. The molecule has 0 amide bonds. The van der Waals surface area contributed by atoms with Crippen LogP contribution in [0.15, 0.2) is 23.2 Å². The predicted octanol–water partition coefficient (Wildman–Crippen LogP) is 2.25. The van der Waals surface area contributed by atoms with E-state index in [4.69, 9.17) is 0 Å². The lowest BCUT2D eigenvalue weighted by Crippen LogP contribution is -2.39. The fourth-order valence-corrected chi connectivity index (χ4v) is 1.94. The molecule has 0 aliphatic rings. The second-order valence-electron chi connectivity index (χ2n) is 6.27. The molecule has 1 aromatic rings. The Labute approximate surface area is 132 Å². The lowest BCUT2D eigenvalue weighted by atomic mass is 9.95. The van der Waals surface area contributed by atoms with Crippen molar-refractivity contribution in [2.24, 2.45) is 10.4 Å². The average molecular weight is 309 g/mol. The zero-order valence-corrected chi connectivity index (χ0v) is 14.0. The van der Waals surface area contributed by atoms with E-state index in [-0.39, 0.29) is 17.8 Å². The smallest absolute Gasteiger partial charge is 0.191 e. The molecule has 0 unspecified atom stereocenters.